The minimum atomic E-state index is -0.641. The van der Waals surface area contributed by atoms with Gasteiger partial charge in [-0.25, -0.2) is 4.57 Å². The second-order valence-electron chi connectivity index (χ2n) is 3.61. The molecule has 2 atom stereocenters. The summed E-state index contributed by atoms with van der Waals surface area (Å²) in [5.41, 5.74) is 5.46. The summed E-state index contributed by atoms with van der Waals surface area (Å²) < 4.78 is 21.4. The van der Waals surface area contributed by atoms with Crippen molar-refractivity contribution in [2.24, 2.45) is 11.7 Å². The number of hydrogen-bond donors (Lipinski definition) is 1. The molecule has 82 valence electrons. The van der Waals surface area contributed by atoms with Gasteiger partial charge in [-0.15, -0.1) is 0 Å². The van der Waals surface area contributed by atoms with E-state index in [0.29, 0.717) is 19.1 Å². The van der Waals surface area contributed by atoms with Crippen molar-refractivity contribution in [3.63, 3.8) is 0 Å². The molecule has 14 heavy (non-hydrogen) atoms. The maximum atomic E-state index is 10.6. The van der Waals surface area contributed by atoms with Gasteiger partial charge in [-0.1, -0.05) is 6.92 Å². The van der Waals surface area contributed by atoms with E-state index in [0.717, 1.165) is 25.7 Å². The molecule has 1 fully saturated rings. The molecule has 0 bridgehead atoms. The molecule has 4 nitrogen and oxygen atoms in total. The molecule has 0 amide bonds. The smallest absolute Gasteiger partial charge is 0.330 e. The Morgan fingerprint density at radius 1 is 1.71 bits per heavy atom. The molecular formula is C9H18NO3P. The van der Waals surface area contributed by atoms with Crippen molar-refractivity contribution in [2.75, 3.05) is 13.2 Å². The molecule has 2 N–H and O–H groups in total. The Kier molecular flexibility index (Phi) is 4.96. The molecule has 5 heteroatoms. The van der Waals surface area contributed by atoms with Gasteiger partial charge in [0, 0.05) is 12.3 Å². The zero-order valence-electron chi connectivity index (χ0n) is 8.57. The minimum Gasteiger partial charge on any atom is -0.349 e. The Morgan fingerprint density at radius 3 is 3.07 bits per heavy atom. The van der Waals surface area contributed by atoms with Crippen molar-refractivity contribution in [3.05, 3.63) is 0 Å². The van der Waals surface area contributed by atoms with Crippen LogP contribution in [-0.4, -0.2) is 18.9 Å². The van der Waals surface area contributed by atoms with E-state index in [1.54, 1.807) is 0 Å². The highest BCUT2D eigenvalue weighted by atomic mass is 31.1. The summed E-state index contributed by atoms with van der Waals surface area (Å²) in [7, 11) is -0.301. The predicted molar refractivity (Wildman–Crippen MR) is 54.1 cm³/mol. The van der Waals surface area contributed by atoms with Crippen LogP contribution in [0.15, 0.2) is 0 Å². The summed E-state index contributed by atoms with van der Waals surface area (Å²) in [6, 6.07) is 0. The first kappa shape index (κ1) is 12.1. The normalized spacial score (nSPS) is 32.6. The molecule has 0 radical (unpaired) electrons. The predicted octanol–water partition coefficient (Wildman–Crippen LogP) is 2.09. The summed E-state index contributed by atoms with van der Waals surface area (Å²) in [5, 5.41) is 0. The van der Waals surface area contributed by atoms with Gasteiger partial charge in [0.05, 0.1) is 6.61 Å². The van der Waals surface area contributed by atoms with Gasteiger partial charge < -0.3 is 10.5 Å². The third kappa shape index (κ3) is 2.51. The van der Waals surface area contributed by atoms with Crippen molar-refractivity contribution in [2.45, 2.75) is 38.4 Å². The zero-order chi connectivity index (χ0) is 10.4. The minimum absolute atomic E-state index is 0.301. The summed E-state index contributed by atoms with van der Waals surface area (Å²) >= 11 is 0. The highest BCUT2D eigenvalue weighted by Crippen LogP contribution is 2.41. The zero-order valence-corrected chi connectivity index (χ0v) is 9.46. The fourth-order valence-electron chi connectivity index (χ4n) is 2.06. The van der Waals surface area contributed by atoms with Crippen molar-refractivity contribution >= 4 is 8.69 Å². The summed E-state index contributed by atoms with van der Waals surface area (Å²) in [6.07, 6.45) is 3.54. The average molecular weight is 219 g/mol. The van der Waals surface area contributed by atoms with Crippen LogP contribution in [0.25, 0.3) is 0 Å². The Hall–Kier alpha value is -0.0200. The van der Waals surface area contributed by atoms with Crippen LogP contribution in [0.3, 0.4) is 0 Å². The fourth-order valence-corrected chi connectivity index (χ4v) is 2.48. The van der Waals surface area contributed by atoms with Crippen LogP contribution in [0, 0.1) is 5.92 Å². The standard InChI is InChI=1S/C9H18NO3P/c1-2-8-4-7-12-9(8,13-14-11)5-3-6-10/h8H,2-7,10H2,1H3. The highest BCUT2D eigenvalue weighted by molar-refractivity contribution is 7.17. The lowest BCUT2D eigenvalue weighted by Crippen LogP contribution is -2.36. The molecular weight excluding hydrogens is 201 g/mol. The van der Waals surface area contributed by atoms with Crippen LogP contribution < -0.4 is 5.73 Å². The van der Waals surface area contributed by atoms with Crippen LogP contribution in [0.2, 0.25) is 0 Å². The number of ether oxygens (including phenoxy) is 1. The van der Waals surface area contributed by atoms with E-state index in [2.05, 4.69) is 6.92 Å². The molecule has 0 aliphatic carbocycles. The van der Waals surface area contributed by atoms with Crippen molar-refractivity contribution < 1.29 is 13.8 Å². The Morgan fingerprint density at radius 2 is 2.50 bits per heavy atom. The maximum Gasteiger partial charge on any atom is 0.330 e. The van der Waals surface area contributed by atoms with Gasteiger partial charge in [0.25, 0.3) is 0 Å². The molecule has 1 aliphatic rings. The number of hydrogen-bond acceptors (Lipinski definition) is 4. The van der Waals surface area contributed by atoms with Crippen molar-refractivity contribution in [1.29, 1.82) is 0 Å². The van der Waals surface area contributed by atoms with Crippen LogP contribution in [0.5, 0.6) is 0 Å². The topological polar surface area (TPSA) is 61.6 Å². The average Bonchev–Trinajstić information content (AvgIpc) is 2.59. The fraction of sp³-hybridized carbons (Fsp3) is 1.00. The van der Waals surface area contributed by atoms with Crippen LogP contribution in [0.4, 0.5) is 0 Å². The second-order valence-corrected chi connectivity index (χ2v) is 3.94. The first-order valence-corrected chi connectivity index (χ1v) is 5.87. The molecule has 0 aromatic carbocycles. The number of rotatable bonds is 6. The first-order chi connectivity index (χ1) is 6.79. The lowest BCUT2D eigenvalue weighted by atomic mass is 9.92. The van der Waals surface area contributed by atoms with Gasteiger partial charge in [-0.3, -0.25) is 4.52 Å². The van der Waals surface area contributed by atoms with Crippen LogP contribution in [-0.2, 0) is 13.8 Å². The molecule has 0 spiro atoms. The summed E-state index contributed by atoms with van der Waals surface area (Å²) in [4.78, 5) is 0. The van der Waals surface area contributed by atoms with Gasteiger partial charge >= 0.3 is 8.69 Å². The molecule has 1 heterocycles. The SMILES string of the molecule is CCC1CCOC1(CCCN)OP=O. The van der Waals surface area contributed by atoms with E-state index in [1.807, 2.05) is 0 Å². The van der Waals surface area contributed by atoms with Crippen LogP contribution >= 0.6 is 8.69 Å². The Bertz CT molecular complexity index is 191. The lowest BCUT2D eigenvalue weighted by molar-refractivity contribution is -0.173. The van der Waals surface area contributed by atoms with E-state index >= 15 is 0 Å². The maximum absolute atomic E-state index is 10.6. The van der Waals surface area contributed by atoms with Crippen molar-refractivity contribution in [1.82, 2.24) is 0 Å². The number of nitrogens with two attached hydrogens (primary N) is 1. The van der Waals surface area contributed by atoms with Crippen LogP contribution in [0.1, 0.15) is 32.6 Å². The summed E-state index contributed by atoms with van der Waals surface area (Å²) in [6.45, 7) is 3.40. The molecule has 0 saturated carbocycles. The first-order valence-electron chi connectivity index (χ1n) is 5.14. The Labute approximate surface area is 86.4 Å². The second kappa shape index (κ2) is 5.76. The van der Waals surface area contributed by atoms with Crippen molar-refractivity contribution in [3.8, 4) is 0 Å². The summed E-state index contributed by atoms with van der Waals surface area (Å²) in [5.74, 6) is -0.298. The van der Waals surface area contributed by atoms with Gasteiger partial charge in [-0.2, -0.15) is 0 Å². The van der Waals surface area contributed by atoms with Gasteiger partial charge in [-0.05, 0) is 25.8 Å². The molecule has 1 saturated heterocycles. The molecule has 0 aromatic rings. The van der Waals surface area contributed by atoms with Gasteiger partial charge in [0.2, 0.25) is 0 Å². The van der Waals surface area contributed by atoms with E-state index in [9.17, 15) is 4.57 Å². The monoisotopic (exact) mass is 219 g/mol. The molecule has 1 aliphatic heterocycles. The lowest BCUT2D eigenvalue weighted by Gasteiger charge is -2.30. The van der Waals surface area contributed by atoms with Gasteiger partial charge in [0.1, 0.15) is 0 Å². The third-order valence-corrected chi connectivity index (χ3v) is 3.23. The highest BCUT2D eigenvalue weighted by Gasteiger charge is 2.44. The van der Waals surface area contributed by atoms with E-state index in [4.69, 9.17) is 15.0 Å². The molecule has 0 aromatic heterocycles. The van der Waals surface area contributed by atoms with E-state index in [1.165, 1.54) is 0 Å². The van der Waals surface area contributed by atoms with E-state index in [-0.39, 0.29) is 8.69 Å². The third-order valence-electron chi connectivity index (χ3n) is 2.85. The van der Waals surface area contributed by atoms with E-state index < -0.39 is 5.79 Å². The van der Waals surface area contributed by atoms with Gasteiger partial charge in [0.15, 0.2) is 5.79 Å². The molecule has 1 rings (SSSR count). The molecule has 2 unspecified atom stereocenters. The largest absolute Gasteiger partial charge is 0.349 e. The quantitative estimate of drug-likeness (QED) is 0.695. The Balaban J connectivity index is 2.63.